The van der Waals surface area contributed by atoms with Gasteiger partial charge in [-0.2, -0.15) is 4.98 Å². The first-order valence-electron chi connectivity index (χ1n) is 5.62. The molecule has 0 aliphatic heterocycles. The molecule has 0 unspecified atom stereocenters. The van der Waals surface area contributed by atoms with E-state index >= 15 is 0 Å². The first-order chi connectivity index (χ1) is 8.06. The average molecular weight is 235 g/mol. The molecule has 2 aromatic heterocycles. The van der Waals surface area contributed by atoms with E-state index in [-0.39, 0.29) is 0 Å². The lowest BCUT2D eigenvalue weighted by Gasteiger charge is -2.19. The van der Waals surface area contributed by atoms with E-state index in [2.05, 4.69) is 15.0 Å². The van der Waals surface area contributed by atoms with Crippen LogP contribution in [0, 0.1) is 0 Å². The number of aromatic nitrogens is 3. The van der Waals surface area contributed by atoms with Gasteiger partial charge in [-0.1, -0.05) is 0 Å². The second-order valence-corrected chi connectivity index (χ2v) is 4.25. The minimum Gasteiger partial charge on any atom is -0.478 e. The van der Waals surface area contributed by atoms with Crippen LogP contribution in [0.25, 0.3) is 11.2 Å². The van der Waals surface area contributed by atoms with Crippen molar-refractivity contribution < 1.29 is 9.47 Å². The van der Waals surface area contributed by atoms with Crippen LogP contribution in [-0.4, -0.2) is 28.7 Å². The van der Waals surface area contributed by atoms with E-state index in [1.165, 1.54) is 0 Å². The van der Waals surface area contributed by atoms with Gasteiger partial charge in [0.1, 0.15) is 11.4 Å². The summed E-state index contributed by atoms with van der Waals surface area (Å²) in [5.74, 6) is 1.35. The Labute approximate surface area is 100 Å². The lowest BCUT2D eigenvalue weighted by atomic mass is 10.1. The summed E-state index contributed by atoms with van der Waals surface area (Å²) in [6.07, 6.45) is 0. The van der Waals surface area contributed by atoms with Crippen LogP contribution in [0.15, 0.2) is 12.1 Å². The van der Waals surface area contributed by atoms with Crippen LogP contribution in [0.4, 0.5) is 0 Å². The summed E-state index contributed by atoms with van der Waals surface area (Å²) in [5, 5.41) is 0. The fraction of sp³-hybridized carbons (Fsp3) is 0.500. The molecule has 2 rings (SSSR count). The van der Waals surface area contributed by atoms with Gasteiger partial charge in [-0.25, -0.2) is 4.98 Å². The van der Waals surface area contributed by atoms with Crippen molar-refractivity contribution in [3.63, 3.8) is 0 Å². The molecule has 0 aromatic carbocycles. The lowest BCUT2D eigenvalue weighted by Crippen LogP contribution is -2.21. The highest BCUT2D eigenvalue weighted by atomic mass is 16.5. The normalized spacial score (nSPS) is 12.0. The molecule has 0 atom stereocenters. The van der Waals surface area contributed by atoms with Gasteiger partial charge < -0.3 is 14.5 Å². The first kappa shape index (κ1) is 11.9. The number of hydrogen-bond donors (Lipinski definition) is 1. The molecular weight excluding hydrogens is 218 g/mol. The molecule has 0 fully saturated rings. The Morgan fingerprint density at radius 2 is 2.06 bits per heavy atom. The number of rotatable bonds is 4. The van der Waals surface area contributed by atoms with E-state index in [0.29, 0.717) is 18.1 Å². The number of methoxy groups -OCH3 is 1. The Kier molecular flexibility index (Phi) is 3.02. The summed E-state index contributed by atoms with van der Waals surface area (Å²) in [4.78, 5) is 11.9. The van der Waals surface area contributed by atoms with E-state index in [9.17, 15) is 0 Å². The molecule has 0 saturated heterocycles. The van der Waals surface area contributed by atoms with E-state index in [1.807, 2.05) is 32.9 Å². The van der Waals surface area contributed by atoms with Gasteiger partial charge >= 0.3 is 0 Å². The van der Waals surface area contributed by atoms with Gasteiger partial charge in [0, 0.05) is 13.2 Å². The van der Waals surface area contributed by atoms with Crippen molar-refractivity contribution in [2.24, 2.45) is 0 Å². The van der Waals surface area contributed by atoms with Crippen molar-refractivity contribution >= 4 is 11.2 Å². The molecule has 92 valence electrons. The van der Waals surface area contributed by atoms with Gasteiger partial charge in [0.05, 0.1) is 12.1 Å². The summed E-state index contributed by atoms with van der Waals surface area (Å²) >= 11 is 0. The molecule has 5 heteroatoms. The summed E-state index contributed by atoms with van der Waals surface area (Å²) in [6.45, 7) is 6.43. The third-order valence-electron chi connectivity index (χ3n) is 2.69. The van der Waals surface area contributed by atoms with Crippen molar-refractivity contribution in [1.82, 2.24) is 15.0 Å². The molecule has 0 aliphatic carbocycles. The summed E-state index contributed by atoms with van der Waals surface area (Å²) in [7, 11) is 1.66. The summed E-state index contributed by atoms with van der Waals surface area (Å²) in [5.41, 5.74) is 1.08. The number of fused-ring (bicyclic) bond motifs is 1. The number of nitrogens with one attached hydrogen (secondary N) is 1. The zero-order chi connectivity index (χ0) is 12.5. The number of aromatic amines is 1. The van der Waals surface area contributed by atoms with Gasteiger partial charge in [0.25, 0.3) is 0 Å². The van der Waals surface area contributed by atoms with Crippen molar-refractivity contribution in [2.45, 2.75) is 26.4 Å². The molecule has 5 nitrogen and oxygen atoms in total. The predicted octanol–water partition coefficient (Wildman–Crippen LogP) is 2.24. The maximum atomic E-state index is 5.38. The zero-order valence-electron chi connectivity index (χ0n) is 10.6. The van der Waals surface area contributed by atoms with Crippen LogP contribution in [0.5, 0.6) is 5.88 Å². The first-order valence-corrected chi connectivity index (χ1v) is 5.62. The quantitative estimate of drug-likeness (QED) is 0.882. The standard InChI is InChI=1S/C12H17N3O2/c1-5-17-9-7-6-8-10(14-9)15-11(13-8)12(2,3)16-4/h6-7H,5H2,1-4H3,(H,13,14,15). The minimum atomic E-state index is -0.452. The van der Waals surface area contributed by atoms with Crippen molar-refractivity contribution in [3.05, 3.63) is 18.0 Å². The molecule has 17 heavy (non-hydrogen) atoms. The lowest BCUT2D eigenvalue weighted by molar-refractivity contribution is 0.0124. The van der Waals surface area contributed by atoms with Gasteiger partial charge in [0.15, 0.2) is 5.65 Å². The highest BCUT2D eigenvalue weighted by molar-refractivity contribution is 5.71. The number of nitrogens with zero attached hydrogens (tertiary/aromatic N) is 2. The van der Waals surface area contributed by atoms with Crippen LogP contribution in [0.2, 0.25) is 0 Å². The Morgan fingerprint density at radius 3 is 2.71 bits per heavy atom. The maximum absolute atomic E-state index is 5.38. The predicted molar refractivity (Wildman–Crippen MR) is 65.1 cm³/mol. The van der Waals surface area contributed by atoms with Crippen LogP contribution >= 0.6 is 0 Å². The van der Waals surface area contributed by atoms with Crippen molar-refractivity contribution in [2.75, 3.05) is 13.7 Å². The molecule has 0 aliphatic rings. The molecule has 1 N–H and O–H groups in total. The topological polar surface area (TPSA) is 60.0 Å². The van der Waals surface area contributed by atoms with E-state index in [0.717, 1.165) is 11.3 Å². The molecule has 2 aromatic rings. The molecule has 0 amide bonds. The van der Waals surface area contributed by atoms with Crippen LogP contribution in [0.3, 0.4) is 0 Å². The third kappa shape index (κ3) is 2.24. The van der Waals surface area contributed by atoms with Crippen molar-refractivity contribution in [3.8, 4) is 5.88 Å². The van der Waals surface area contributed by atoms with Crippen molar-refractivity contribution in [1.29, 1.82) is 0 Å². The van der Waals surface area contributed by atoms with E-state index < -0.39 is 5.60 Å². The maximum Gasteiger partial charge on any atom is 0.215 e. The van der Waals surface area contributed by atoms with Crippen LogP contribution in [-0.2, 0) is 10.3 Å². The van der Waals surface area contributed by atoms with Crippen LogP contribution < -0.4 is 4.74 Å². The number of hydrogen-bond acceptors (Lipinski definition) is 4. The number of ether oxygens (including phenoxy) is 2. The molecule has 2 heterocycles. The highest BCUT2D eigenvalue weighted by Gasteiger charge is 2.24. The monoisotopic (exact) mass is 235 g/mol. The zero-order valence-corrected chi connectivity index (χ0v) is 10.6. The Morgan fingerprint density at radius 1 is 1.29 bits per heavy atom. The smallest absolute Gasteiger partial charge is 0.215 e. The fourth-order valence-electron chi connectivity index (χ4n) is 1.49. The third-order valence-corrected chi connectivity index (χ3v) is 2.69. The largest absolute Gasteiger partial charge is 0.478 e. The molecule has 0 bridgehead atoms. The van der Waals surface area contributed by atoms with Gasteiger partial charge in [0.2, 0.25) is 5.88 Å². The highest BCUT2D eigenvalue weighted by Crippen LogP contribution is 2.23. The van der Waals surface area contributed by atoms with E-state index in [4.69, 9.17) is 9.47 Å². The molecule has 0 saturated carbocycles. The number of H-pyrrole nitrogens is 1. The van der Waals surface area contributed by atoms with Crippen LogP contribution in [0.1, 0.15) is 26.6 Å². The Bertz CT molecular complexity index is 519. The SMILES string of the molecule is CCOc1ccc2[nH]c(C(C)(C)OC)nc2n1. The Balaban J connectivity index is 2.43. The molecular formula is C12H17N3O2. The number of imidazole rings is 1. The second kappa shape index (κ2) is 4.33. The molecule has 0 spiro atoms. The van der Waals surface area contributed by atoms with Gasteiger partial charge in [-0.3, -0.25) is 0 Å². The summed E-state index contributed by atoms with van der Waals surface area (Å²) in [6, 6.07) is 3.74. The number of pyridine rings is 1. The Hall–Kier alpha value is -1.62. The second-order valence-electron chi connectivity index (χ2n) is 4.25. The fourth-order valence-corrected chi connectivity index (χ4v) is 1.49. The molecule has 0 radical (unpaired) electrons. The summed E-state index contributed by atoms with van der Waals surface area (Å²) < 4.78 is 10.7. The van der Waals surface area contributed by atoms with Gasteiger partial charge in [-0.05, 0) is 26.8 Å². The van der Waals surface area contributed by atoms with Gasteiger partial charge in [-0.15, -0.1) is 0 Å². The minimum absolute atomic E-state index is 0.452. The van der Waals surface area contributed by atoms with E-state index in [1.54, 1.807) is 7.11 Å². The average Bonchev–Trinajstić information content (AvgIpc) is 2.73.